The third-order valence-corrected chi connectivity index (χ3v) is 6.00. The number of hydrogen-bond donors (Lipinski definition) is 2. The van der Waals surface area contributed by atoms with Crippen LogP contribution in [0.2, 0.25) is 0 Å². The van der Waals surface area contributed by atoms with Gasteiger partial charge < -0.3 is 20.2 Å². The number of anilines is 3. The lowest BCUT2D eigenvalue weighted by atomic mass is 10.1. The highest BCUT2D eigenvalue weighted by molar-refractivity contribution is 6.06. The minimum absolute atomic E-state index is 0.0776. The van der Waals surface area contributed by atoms with Crippen molar-refractivity contribution in [3.8, 4) is 0 Å². The highest BCUT2D eigenvalue weighted by Crippen LogP contribution is 2.27. The van der Waals surface area contributed by atoms with E-state index in [0.29, 0.717) is 30.2 Å². The quantitative estimate of drug-likeness (QED) is 0.608. The second-order valence-electron chi connectivity index (χ2n) is 8.50. The molecule has 4 rings (SSSR count). The molecule has 7 nitrogen and oxygen atoms in total. The van der Waals surface area contributed by atoms with E-state index in [1.165, 1.54) is 23.5 Å². The number of benzene rings is 2. The summed E-state index contributed by atoms with van der Waals surface area (Å²) >= 11 is 0. The molecule has 2 heterocycles. The molecule has 1 amide bonds. The summed E-state index contributed by atoms with van der Waals surface area (Å²) < 4.78 is 0. The number of rotatable bonds is 5. The fourth-order valence-corrected chi connectivity index (χ4v) is 4.30. The number of carbonyl (C=O) groups excluding carboxylic acids is 1. The third kappa shape index (κ3) is 4.82. The van der Waals surface area contributed by atoms with E-state index in [1.54, 1.807) is 12.1 Å². The van der Waals surface area contributed by atoms with E-state index in [4.69, 9.17) is 0 Å². The van der Waals surface area contributed by atoms with Crippen LogP contribution in [-0.2, 0) is 0 Å². The molecule has 1 aliphatic rings. The van der Waals surface area contributed by atoms with Crippen LogP contribution in [0.3, 0.4) is 0 Å². The number of nitrogens with one attached hydrogen (secondary N) is 1. The molecule has 1 atom stereocenters. The normalized spacial score (nSPS) is 15.9. The summed E-state index contributed by atoms with van der Waals surface area (Å²) in [5.41, 5.74) is 4.20. The number of pyridine rings is 1. The first-order valence-electron chi connectivity index (χ1n) is 11.0. The molecule has 2 aromatic carbocycles. The van der Waals surface area contributed by atoms with Crippen LogP contribution in [0.25, 0.3) is 0 Å². The van der Waals surface area contributed by atoms with Crippen molar-refractivity contribution >= 4 is 29.1 Å². The van der Waals surface area contributed by atoms with Crippen molar-refractivity contribution in [3.63, 3.8) is 0 Å². The van der Waals surface area contributed by atoms with E-state index in [-0.39, 0.29) is 17.5 Å². The summed E-state index contributed by atoms with van der Waals surface area (Å²) in [6, 6.07) is 17.3. The molecule has 0 bridgehead atoms. The minimum atomic E-state index is -1.07. The van der Waals surface area contributed by atoms with E-state index < -0.39 is 5.97 Å². The average molecular weight is 445 g/mol. The Kier molecular flexibility index (Phi) is 6.31. The van der Waals surface area contributed by atoms with Crippen molar-refractivity contribution in [2.45, 2.75) is 26.8 Å². The zero-order valence-electron chi connectivity index (χ0n) is 19.1. The first-order chi connectivity index (χ1) is 15.8. The Morgan fingerprint density at radius 1 is 1.03 bits per heavy atom. The van der Waals surface area contributed by atoms with Crippen LogP contribution in [0.15, 0.2) is 60.8 Å². The molecule has 170 valence electrons. The molecule has 33 heavy (non-hydrogen) atoms. The van der Waals surface area contributed by atoms with Gasteiger partial charge in [0.05, 0.1) is 11.9 Å². The lowest BCUT2D eigenvalue weighted by molar-refractivity contribution is 0.0696. The summed E-state index contributed by atoms with van der Waals surface area (Å²) in [7, 11) is 0. The molecule has 1 aliphatic heterocycles. The number of hydrogen-bond acceptors (Lipinski definition) is 5. The Labute approximate surface area is 193 Å². The molecule has 2 N–H and O–H groups in total. The first-order valence-corrected chi connectivity index (χ1v) is 11.0. The topological polar surface area (TPSA) is 85.8 Å². The number of carbonyl (C=O) groups is 2. The second kappa shape index (κ2) is 9.32. The van der Waals surface area contributed by atoms with Crippen LogP contribution in [0.4, 0.5) is 17.2 Å². The van der Waals surface area contributed by atoms with Gasteiger partial charge in [0.25, 0.3) is 5.91 Å². The van der Waals surface area contributed by atoms with Crippen LogP contribution < -0.4 is 15.1 Å². The molecule has 0 unspecified atom stereocenters. The van der Waals surface area contributed by atoms with Crippen molar-refractivity contribution in [1.82, 2.24) is 4.98 Å². The molecule has 0 spiro atoms. The summed E-state index contributed by atoms with van der Waals surface area (Å²) in [5, 5.41) is 12.6. The summed E-state index contributed by atoms with van der Waals surface area (Å²) in [5.74, 6) is -0.940. The molecular weight excluding hydrogens is 416 g/mol. The van der Waals surface area contributed by atoms with Gasteiger partial charge in [-0.15, -0.1) is 0 Å². The Bertz CT molecular complexity index is 1190. The number of carboxylic acids is 1. The lowest BCUT2D eigenvalue weighted by Gasteiger charge is -2.42. The van der Waals surface area contributed by atoms with Gasteiger partial charge in [0.15, 0.2) is 0 Å². The van der Waals surface area contributed by atoms with Gasteiger partial charge >= 0.3 is 5.97 Å². The molecule has 0 radical (unpaired) electrons. The van der Waals surface area contributed by atoms with Gasteiger partial charge in [0.2, 0.25) is 0 Å². The predicted molar refractivity (Wildman–Crippen MR) is 131 cm³/mol. The molecule has 0 saturated carbocycles. The van der Waals surface area contributed by atoms with Gasteiger partial charge in [-0.05, 0) is 56.2 Å². The van der Waals surface area contributed by atoms with E-state index in [1.807, 2.05) is 24.0 Å². The van der Waals surface area contributed by atoms with Gasteiger partial charge in [-0.3, -0.25) is 4.79 Å². The lowest BCUT2D eigenvalue weighted by Crippen LogP contribution is -2.52. The highest BCUT2D eigenvalue weighted by atomic mass is 16.4. The van der Waals surface area contributed by atoms with Crippen LogP contribution in [0.5, 0.6) is 0 Å². The SMILES string of the molecule is Cc1cccc(N2CCN(c3ncc(NC(=O)c4ccccc4C)cc3C(=O)O)C[C@@H]2C)c1. The van der Waals surface area contributed by atoms with E-state index in [0.717, 1.165) is 12.1 Å². The van der Waals surface area contributed by atoms with Crippen molar-refractivity contribution in [3.05, 3.63) is 83.0 Å². The molecule has 3 aromatic rings. The number of piperazine rings is 1. The number of aryl methyl sites for hydroxylation is 2. The Morgan fingerprint density at radius 2 is 1.82 bits per heavy atom. The van der Waals surface area contributed by atoms with Gasteiger partial charge in [-0.25, -0.2) is 9.78 Å². The smallest absolute Gasteiger partial charge is 0.339 e. The number of aromatic nitrogens is 1. The van der Waals surface area contributed by atoms with Crippen LogP contribution >= 0.6 is 0 Å². The molecule has 1 fully saturated rings. The number of nitrogens with zero attached hydrogens (tertiary/aromatic N) is 3. The van der Waals surface area contributed by atoms with Gasteiger partial charge in [0.1, 0.15) is 11.4 Å². The van der Waals surface area contributed by atoms with Crippen molar-refractivity contribution in [2.75, 3.05) is 34.8 Å². The molecule has 1 aromatic heterocycles. The summed E-state index contributed by atoms with van der Waals surface area (Å²) in [6.45, 7) is 8.13. The fourth-order valence-electron chi connectivity index (χ4n) is 4.30. The Balaban J connectivity index is 1.53. The summed E-state index contributed by atoms with van der Waals surface area (Å²) in [4.78, 5) is 33.5. The maximum Gasteiger partial charge on any atom is 0.339 e. The van der Waals surface area contributed by atoms with Crippen molar-refractivity contribution in [2.24, 2.45) is 0 Å². The molecular formula is C26H28N4O3. The van der Waals surface area contributed by atoms with Crippen LogP contribution in [0, 0.1) is 13.8 Å². The average Bonchev–Trinajstić information content (AvgIpc) is 2.79. The molecule has 1 saturated heterocycles. The maximum absolute atomic E-state index is 12.6. The first kappa shape index (κ1) is 22.3. The number of carboxylic acid groups (broad SMARTS) is 1. The molecule has 7 heteroatoms. The monoisotopic (exact) mass is 444 g/mol. The Hall–Kier alpha value is -3.87. The summed E-state index contributed by atoms with van der Waals surface area (Å²) in [6.07, 6.45) is 1.52. The predicted octanol–water partition coefficient (Wildman–Crippen LogP) is 4.36. The number of amides is 1. The standard InChI is InChI=1S/C26H28N4O3/c1-17-7-6-9-21(13-17)30-12-11-29(16-19(30)3)24-23(26(32)33)14-20(15-27-24)28-25(31)22-10-5-4-8-18(22)2/h4-10,13-15,19H,11-12,16H2,1-3H3,(H,28,31)(H,32,33)/t19-/m0/s1. The fraction of sp³-hybridized carbons (Fsp3) is 0.269. The van der Waals surface area contributed by atoms with Crippen molar-refractivity contribution in [1.29, 1.82) is 0 Å². The maximum atomic E-state index is 12.6. The Morgan fingerprint density at radius 3 is 2.52 bits per heavy atom. The van der Waals surface area contributed by atoms with Gasteiger partial charge in [-0.2, -0.15) is 0 Å². The second-order valence-corrected chi connectivity index (χ2v) is 8.50. The van der Waals surface area contributed by atoms with E-state index >= 15 is 0 Å². The van der Waals surface area contributed by atoms with E-state index in [9.17, 15) is 14.7 Å². The molecule has 0 aliphatic carbocycles. The minimum Gasteiger partial charge on any atom is -0.478 e. The van der Waals surface area contributed by atoms with Crippen LogP contribution in [0.1, 0.15) is 38.8 Å². The van der Waals surface area contributed by atoms with E-state index in [2.05, 4.69) is 53.3 Å². The van der Waals surface area contributed by atoms with Crippen LogP contribution in [-0.4, -0.2) is 47.6 Å². The largest absolute Gasteiger partial charge is 0.478 e. The van der Waals surface area contributed by atoms with Crippen molar-refractivity contribution < 1.29 is 14.7 Å². The zero-order valence-corrected chi connectivity index (χ0v) is 19.1. The van der Waals surface area contributed by atoms with Gasteiger partial charge in [0, 0.05) is 36.9 Å². The van der Waals surface area contributed by atoms with Gasteiger partial charge in [-0.1, -0.05) is 30.3 Å². The zero-order chi connectivity index (χ0) is 23.5. The third-order valence-electron chi connectivity index (χ3n) is 6.00. The number of aromatic carboxylic acids is 1. The highest BCUT2D eigenvalue weighted by Gasteiger charge is 2.28.